The van der Waals surface area contributed by atoms with Crippen molar-refractivity contribution in [2.75, 3.05) is 26.2 Å². The molecule has 0 spiro atoms. The summed E-state index contributed by atoms with van der Waals surface area (Å²) >= 11 is 0. The molecular weight excluding hydrogens is 632 g/mol. The number of aromatic hydroxyl groups is 1. The number of nitrogens with zero attached hydrogens (tertiary/aromatic N) is 1. The number of amides is 1. The van der Waals surface area contributed by atoms with Gasteiger partial charge >= 0.3 is 6.09 Å². The molecule has 50 heavy (non-hydrogen) atoms. The number of carbonyl (C=O) groups excluding carboxylic acids is 1. The number of fused-ring (bicyclic) bond motifs is 4. The number of H-pyrrole nitrogens is 1. The minimum Gasteiger partial charge on any atom is -0.506 e. The first-order chi connectivity index (χ1) is 24.4. The minimum absolute atomic E-state index is 0.0420. The Hall–Kier alpha value is -5.16. The highest BCUT2D eigenvalue weighted by atomic mass is 16.6. The summed E-state index contributed by atoms with van der Waals surface area (Å²) in [5, 5.41) is 28.1. The van der Waals surface area contributed by atoms with Gasteiger partial charge in [0.05, 0.1) is 17.7 Å². The van der Waals surface area contributed by atoms with Gasteiger partial charge in [0.25, 0.3) is 0 Å². The van der Waals surface area contributed by atoms with E-state index in [1.54, 1.807) is 12.1 Å². The van der Waals surface area contributed by atoms with Gasteiger partial charge < -0.3 is 35.3 Å². The minimum atomic E-state index is -0.848. The van der Waals surface area contributed by atoms with E-state index in [1.165, 1.54) is 12.1 Å². The third-order valence-electron chi connectivity index (χ3n) is 9.77. The Balaban J connectivity index is 0.966. The van der Waals surface area contributed by atoms with Crippen LogP contribution in [0.15, 0.2) is 108 Å². The third-order valence-corrected chi connectivity index (χ3v) is 9.77. The quantitative estimate of drug-likeness (QED) is 0.116. The maximum absolute atomic E-state index is 13.2. The highest BCUT2D eigenvalue weighted by molar-refractivity contribution is 5.87. The van der Waals surface area contributed by atoms with Crippen LogP contribution in [0.25, 0.3) is 10.9 Å². The zero-order valence-corrected chi connectivity index (χ0v) is 27.8. The SMILES string of the molecule is O=C(NC(c1ccccc1)c1cccc(OCc2cccc(CNC[C@@H](O)c3ccc(O)c4[nH]c(=O)ccc34)c2)c1)O[C@H]1CN2CCC1CC2. The maximum atomic E-state index is 13.2. The number of aliphatic hydroxyl groups is 1. The molecule has 10 heteroatoms. The van der Waals surface area contributed by atoms with Crippen LogP contribution in [0.3, 0.4) is 0 Å². The van der Waals surface area contributed by atoms with Crippen molar-refractivity contribution in [1.82, 2.24) is 20.5 Å². The number of nitrogens with one attached hydrogen (secondary N) is 3. The summed E-state index contributed by atoms with van der Waals surface area (Å²) in [5.41, 5.74) is 4.46. The van der Waals surface area contributed by atoms with Crippen LogP contribution in [0.4, 0.5) is 4.79 Å². The molecule has 258 valence electrons. The number of rotatable bonds is 12. The lowest BCUT2D eigenvalue weighted by Gasteiger charge is -2.43. The zero-order valence-electron chi connectivity index (χ0n) is 27.8. The lowest BCUT2D eigenvalue weighted by Crippen LogP contribution is -2.52. The largest absolute Gasteiger partial charge is 0.506 e. The Kier molecular flexibility index (Phi) is 10.1. The highest BCUT2D eigenvalue weighted by Crippen LogP contribution is 2.31. The van der Waals surface area contributed by atoms with Gasteiger partial charge in [0.1, 0.15) is 24.2 Å². The number of aromatic amines is 1. The summed E-state index contributed by atoms with van der Waals surface area (Å²) in [6.07, 6.45) is 0.817. The summed E-state index contributed by atoms with van der Waals surface area (Å²) in [7, 11) is 0. The summed E-state index contributed by atoms with van der Waals surface area (Å²) in [6.45, 7) is 4.12. The number of phenols is 1. The number of phenolic OH excluding ortho intramolecular Hbond substituents is 1. The van der Waals surface area contributed by atoms with Gasteiger partial charge in [0.2, 0.25) is 5.56 Å². The average Bonchev–Trinajstić information content (AvgIpc) is 3.14. The van der Waals surface area contributed by atoms with Crippen molar-refractivity contribution in [1.29, 1.82) is 0 Å². The van der Waals surface area contributed by atoms with Crippen molar-refractivity contribution in [2.45, 2.75) is 44.2 Å². The monoisotopic (exact) mass is 674 g/mol. The Morgan fingerprint density at radius 3 is 2.48 bits per heavy atom. The fourth-order valence-corrected chi connectivity index (χ4v) is 7.13. The Morgan fingerprint density at radius 1 is 0.900 bits per heavy atom. The lowest BCUT2D eigenvalue weighted by atomic mass is 9.86. The van der Waals surface area contributed by atoms with Crippen LogP contribution in [-0.4, -0.2) is 58.5 Å². The van der Waals surface area contributed by atoms with Gasteiger partial charge in [-0.3, -0.25) is 9.69 Å². The molecule has 3 atom stereocenters. The van der Waals surface area contributed by atoms with Crippen LogP contribution < -0.4 is 20.9 Å². The molecule has 3 fully saturated rings. The van der Waals surface area contributed by atoms with E-state index in [-0.39, 0.29) is 24.0 Å². The molecule has 4 heterocycles. The van der Waals surface area contributed by atoms with Crippen molar-refractivity contribution >= 4 is 17.0 Å². The van der Waals surface area contributed by atoms with Crippen LogP contribution >= 0.6 is 0 Å². The molecule has 1 aromatic heterocycles. The molecule has 2 bridgehead atoms. The van der Waals surface area contributed by atoms with Crippen LogP contribution in [-0.2, 0) is 17.9 Å². The first-order valence-corrected chi connectivity index (χ1v) is 17.2. The summed E-state index contributed by atoms with van der Waals surface area (Å²) in [6, 6.07) is 31.4. The number of pyridine rings is 1. The molecule has 5 aromatic rings. The fourth-order valence-electron chi connectivity index (χ4n) is 7.13. The molecule has 4 aromatic carbocycles. The number of hydrogen-bond donors (Lipinski definition) is 5. The van der Waals surface area contributed by atoms with Gasteiger partial charge in [0, 0.05) is 31.1 Å². The summed E-state index contributed by atoms with van der Waals surface area (Å²) in [5.74, 6) is 1.07. The van der Waals surface area contributed by atoms with Crippen LogP contribution in [0.2, 0.25) is 0 Å². The van der Waals surface area contributed by atoms with Crippen molar-refractivity contribution < 1.29 is 24.5 Å². The second-order valence-corrected chi connectivity index (χ2v) is 13.2. The van der Waals surface area contributed by atoms with E-state index in [0.29, 0.717) is 41.3 Å². The van der Waals surface area contributed by atoms with Crippen molar-refractivity contribution in [3.05, 3.63) is 141 Å². The van der Waals surface area contributed by atoms with E-state index in [1.807, 2.05) is 72.8 Å². The second kappa shape index (κ2) is 15.2. The normalized spacial score (nSPS) is 19.5. The first kappa shape index (κ1) is 33.3. The molecule has 8 rings (SSSR count). The maximum Gasteiger partial charge on any atom is 0.408 e. The van der Waals surface area contributed by atoms with E-state index in [9.17, 15) is 19.8 Å². The van der Waals surface area contributed by atoms with Crippen LogP contribution in [0.5, 0.6) is 11.5 Å². The van der Waals surface area contributed by atoms with E-state index in [0.717, 1.165) is 54.7 Å². The van der Waals surface area contributed by atoms with E-state index in [4.69, 9.17) is 9.47 Å². The first-order valence-electron chi connectivity index (χ1n) is 17.2. The topological polar surface area (TPSA) is 136 Å². The van der Waals surface area contributed by atoms with Crippen LogP contribution in [0, 0.1) is 5.92 Å². The number of alkyl carbamates (subject to hydrolysis) is 1. The van der Waals surface area contributed by atoms with Crippen molar-refractivity contribution in [2.24, 2.45) is 5.92 Å². The van der Waals surface area contributed by atoms with Crippen LogP contribution in [0.1, 0.15) is 52.8 Å². The Labute approximate surface area is 290 Å². The predicted molar refractivity (Wildman–Crippen MR) is 191 cm³/mol. The number of aromatic nitrogens is 1. The van der Waals surface area contributed by atoms with E-state index < -0.39 is 18.2 Å². The lowest BCUT2D eigenvalue weighted by molar-refractivity contribution is -0.0336. The molecule has 1 unspecified atom stereocenters. The van der Waals surface area contributed by atoms with Gasteiger partial charge in [-0.05, 0) is 83.9 Å². The van der Waals surface area contributed by atoms with E-state index in [2.05, 4.69) is 26.6 Å². The standard InChI is InChI=1S/C40H42N4O6/c45-34-14-12-32(33-13-15-37(47)42-39(33)34)35(46)23-41-22-26-6-4-7-27(20-26)25-49-31-11-5-10-30(21-31)38(29-8-2-1-3-9-29)43-40(48)50-36-24-44-18-16-28(36)17-19-44/h1-15,20-21,28,35-36,38,41,45-46H,16-19,22-25H2,(H,42,47)(H,43,48)/t35-,36+,38?/m1/s1. The second-order valence-electron chi connectivity index (χ2n) is 13.2. The zero-order chi connectivity index (χ0) is 34.5. The number of piperidine rings is 3. The number of carbonyl (C=O) groups is 1. The molecule has 0 aliphatic carbocycles. The number of benzene rings is 4. The van der Waals surface area contributed by atoms with Gasteiger partial charge in [0.15, 0.2) is 0 Å². The van der Waals surface area contributed by atoms with Crippen molar-refractivity contribution in [3.63, 3.8) is 0 Å². The van der Waals surface area contributed by atoms with Gasteiger partial charge in [-0.25, -0.2) is 4.79 Å². The predicted octanol–water partition coefficient (Wildman–Crippen LogP) is 5.55. The molecule has 1 amide bonds. The number of hydrogen-bond acceptors (Lipinski definition) is 8. The van der Waals surface area contributed by atoms with Gasteiger partial charge in [-0.1, -0.05) is 72.8 Å². The van der Waals surface area contributed by atoms with E-state index >= 15 is 0 Å². The Bertz CT molecular complexity index is 1990. The molecule has 0 saturated carbocycles. The molecule has 0 radical (unpaired) electrons. The van der Waals surface area contributed by atoms with Gasteiger partial charge in [-0.2, -0.15) is 0 Å². The molecule has 10 nitrogen and oxygen atoms in total. The molecular formula is C40H42N4O6. The summed E-state index contributed by atoms with van der Waals surface area (Å²) < 4.78 is 12.2. The molecule has 5 N–H and O–H groups in total. The summed E-state index contributed by atoms with van der Waals surface area (Å²) in [4.78, 5) is 30.0. The molecule has 3 aliphatic heterocycles. The molecule has 3 aliphatic rings. The highest BCUT2D eigenvalue weighted by Gasteiger charge is 2.37. The third kappa shape index (κ3) is 7.83. The fraction of sp³-hybridized carbons (Fsp3) is 0.300. The Morgan fingerprint density at radius 2 is 1.68 bits per heavy atom. The number of aliphatic hydroxyl groups excluding tert-OH is 1. The van der Waals surface area contributed by atoms with Gasteiger partial charge in [-0.15, -0.1) is 0 Å². The van der Waals surface area contributed by atoms with Crippen molar-refractivity contribution in [3.8, 4) is 11.5 Å². The molecule has 3 saturated heterocycles. The smallest absolute Gasteiger partial charge is 0.408 e. The average molecular weight is 675 g/mol. The number of ether oxygens (including phenoxy) is 2.